The van der Waals surface area contributed by atoms with Crippen LogP contribution in [-0.2, 0) is 24.7 Å². The van der Waals surface area contributed by atoms with Crippen LogP contribution in [0.5, 0.6) is 0 Å². The maximum absolute atomic E-state index is 4.41. The van der Waals surface area contributed by atoms with Gasteiger partial charge in [0.1, 0.15) is 11.6 Å². The fourth-order valence-corrected chi connectivity index (χ4v) is 3.25. The highest BCUT2D eigenvalue weighted by Crippen LogP contribution is 2.33. The van der Waals surface area contributed by atoms with Gasteiger partial charge in [-0.25, -0.2) is 0 Å². The molecule has 1 aromatic carbocycles. The van der Waals surface area contributed by atoms with Gasteiger partial charge in [0, 0.05) is 12.5 Å². The second kappa shape index (κ2) is 4.84. The van der Waals surface area contributed by atoms with Gasteiger partial charge in [0.2, 0.25) is 0 Å². The van der Waals surface area contributed by atoms with Crippen molar-refractivity contribution in [2.75, 3.05) is 0 Å². The van der Waals surface area contributed by atoms with E-state index in [1.54, 1.807) is 0 Å². The van der Waals surface area contributed by atoms with Gasteiger partial charge in [0.05, 0.1) is 5.33 Å². The third-order valence-electron chi connectivity index (χ3n) is 3.71. The van der Waals surface area contributed by atoms with Gasteiger partial charge in [-0.1, -0.05) is 40.2 Å². The molecule has 4 heteroatoms. The van der Waals surface area contributed by atoms with E-state index in [0.29, 0.717) is 5.92 Å². The number of alkyl halides is 1. The summed E-state index contributed by atoms with van der Waals surface area (Å²) in [6, 6.07) is 8.70. The van der Waals surface area contributed by atoms with Gasteiger partial charge in [0.15, 0.2) is 0 Å². The Bertz CT molecular complexity index is 537. The minimum Gasteiger partial charge on any atom is -0.314 e. The smallest absolute Gasteiger partial charge is 0.143 e. The first-order valence-electron chi connectivity index (χ1n) is 6.38. The molecule has 0 bridgehead atoms. The van der Waals surface area contributed by atoms with Crippen LogP contribution in [-0.4, -0.2) is 14.8 Å². The Kier molecular flexibility index (Phi) is 3.20. The Morgan fingerprint density at radius 1 is 1.22 bits per heavy atom. The minimum atomic E-state index is 0.489. The number of hydrogen-bond acceptors (Lipinski definition) is 2. The second-order valence-corrected chi connectivity index (χ2v) is 5.29. The molecule has 1 heterocycles. The van der Waals surface area contributed by atoms with Crippen LogP contribution in [0.1, 0.15) is 35.6 Å². The van der Waals surface area contributed by atoms with Crippen molar-refractivity contribution in [2.45, 2.75) is 37.6 Å². The second-order valence-electron chi connectivity index (χ2n) is 4.73. The maximum Gasteiger partial charge on any atom is 0.143 e. The highest BCUT2D eigenvalue weighted by atomic mass is 79.9. The van der Waals surface area contributed by atoms with E-state index in [-0.39, 0.29) is 0 Å². The zero-order valence-electron chi connectivity index (χ0n) is 10.4. The summed E-state index contributed by atoms with van der Waals surface area (Å²) < 4.78 is 2.24. The third kappa shape index (κ3) is 1.88. The van der Waals surface area contributed by atoms with Gasteiger partial charge in [-0.05, 0) is 30.9 Å². The Morgan fingerprint density at radius 2 is 1.89 bits per heavy atom. The van der Waals surface area contributed by atoms with Crippen LogP contribution >= 0.6 is 15.9 Å². The molecule has 0 radical (unpaired) electrons. The van der Waals surface area contributed by atoms with Crippen molar-refractivity contribution in [3.63, 3.8) is 0 Å². The summed E-state index contributed by atoms with van der Waals surface area (Å²) in [6.45, 7) is 3.09. The third-order valence-corrected chi connectivity index (χ3v) is 4.21. The lowest BCUT2D eigenvalue weighted by Gasteiger charge is -2.11. The summed E-state index contributed by atoms with van der Waals surface area (Å²) in [6.07, 6.45) is 2.19. The van der Waals surface area contributed by atoms with Crippen molar-refractivity contribution in [3.05, 3.63) is 47.0 Å². The normalized spacial score (nSPS) is 15.0. The molecular formula is C14H16BrN3. The summed E-state index contributed by atoms with van der Waals surface area (Å²) in [4.78, 5) is 0. The predicted molar refractivity (Wildman–Crippen MR) is 74.9 cm³/mol. The molecule has 0 amide bonds. The molecule has 1 aliphatic rings. The monoisotopic (exact) mass is 305 g/mol. The number of benzene rings is 1. The molecule has 0 fully saturated rings. The van der Waals surface area contributed by atoms with Crippen LogP contribution in [0.25, 0.3) is 0 Å². The van der Waals surface area contributed by atoms with Crippen molar-refractivity contribution in [3.8, 4) is 0 Å². The average Bonchev–Trinajstić information content (AvgIpc) is 3.00. The number of halogens is 1. The van der Waals surface area contributed by atoms with Gasteiger partial charge >= 0.3 is 0 Å². The lowest BCUT2D eigenvalue weighted by molar-refractivity contribution is 0.599. The molecule has 18 heavy (non-hydrogen) atoms. The summed E-state index contributed by atoms with van der Waals surface area (Å²) in [5, 5.41) is 9.46. The SMILES string of the molecule is CCn1c(CBr)nnc1C1Cc2ccccc2C1. The number of aromatic nitrogens is 3. The zero-order chi connectivity index (χ0) is 12.5. The lowest BCUT2D eigenvalue weighted by atomic mass is 10.1. The quantitative estimate of drug-likeness (QED) is 0.816. The molecule has 2 aromatic rings. The van der Waals surface area contributed by atoms with Gasteiger partial charge in [-0.3, -0.25) is 0 Å². The van der Waals surface area contributed by atoms with Crippen LogP contribution in [0.4, 0.5) is 0 Å². The molecule has 0 spiro atoms. The van der Waals surface area contributed by atoms with Crippen molar-refractivity contribution < 1.29 is 0 Å². The van der Waals surface area contributed by atoms with E-state index in [2.05, 4.69) is 61.9 Å². The van der Waals surface area contributed by atoms with Crippen molar-refractivity contribution in [1.82, 2.24) is 14.8 Å². The zero-order valence-corrected chi connectivity index (χ0v) is 12.0. The minimum absolute atomic E-state index is 0.489. The van der Waals surface area contributed by atoms with E-state index in [9.17, 15) is 0 Å². The molecule has 0 N–H and O–H groups in total. The Hall–Kier alpha value is -1.16. The molecule has 0 aliphatic heterocycles. The molecule has 1 aliphatic carbocycles. The van der Waals surface area contributed by atoms with E-state index in [1.165, 1.54) is 11.1 Å². The van der Waals surface area contributed by atoms with Crippen molar-refractivity contribution in [2.24, 2.45) is 0 Å². The fraction of sp³-hybridized carbons (Fsp3) is 0.429. The predicted octanol–water partition coefficient (Wildman–Crippen LogP) is 3.08. The molecule has 0 saturated heterocycles. The average molecular weight is 306 g/mol. The first kappa shape index (κ1) is 11.9. The van der Waals surface area contributed by atoms with Crippen LogP contribution in [0.2, 0.25) is 0 Å². The number of hydrogen-bond donors (Lipinski definition) is 0. The van der Waals surface area contributed by atoms with E-state index in [4.69, 9.17) is 0 Å². The summed E-state index contributed by atoms with van der Waals surface area (Å²) in [5.41, 5.74) is 2.93. The van der Waals surface area contributed by atoms with E-state index in [0.717, 1.165) is 36.4 Å². The van der Waals surface area contributed by atoms with Gasteiger partial charge in [0.25, 0.3) is 0 Å². The van der Waals surface area contributed by atoms with Crippen LogP contribution in [0.3, 0.4) is 0 Å². The first-order valence-corrected chi connectivity index (χ1v) is 7.50. The topological polar surface area (TPSA) is 30.7 Å². The highest BCUT2D eigenvalue weighted by Gasteiger charge is 2.27. The molecule has 0 saturated carbocycles. The molecule has 3 nitrogen and oxygen atoms in total. The van der Waals surface area contributed by atoms with Gasteiger partial charge < -0.3 is 4.57 Å². The Labute approximate surface area is 115 Å². The molecule has 1 aromatic heterocycles. The highest BCUT2D eigenvalue weighted by molar-refractivity contribution is 9.08. The van der Waals surface area contributed by atoms with Gasteiger partial charge in [-0.2, -0.15) is 0 Å². The Balaban J connectivity index is 1.92. The van der Waals surface area contributed by atoms with Gasteiger partial charge in [-0.15, -0.1) is 10.2 Å². The van der Waals surface area contributed by atoms with Crippen LogP contribution in [0.15, 0.2) is 24.3 Å². The number of nitrogens with zero attached hydrogens (tertiary/aromatic N) is 3. The molecule has 0 unspecified atom stereocenters. The summed E-state index contributed by atoms with van der Waals surface area (Å²) in [7, 11) is 0. The van der Waals surface area contributed by atoms with Crippen molar-refractivity contribution in [1.29, 1.82) is 0 Å². The summed E-state index contributed by atoms with van der Waals surface area (Å²) in [5.74, 6) is 2.66. The van der Waals surface area contributed by atoms with E-state index in [1.807, 2.05) is 0 Å². The van der Waals surface area contributed by atoms with E-state index >= 15 is 0 Å². The fourth-order valence-electron chi connectivity index (χ4n) is 2.84. The molecule has 0 atom stereocenters. The Morgan fingerprint density at radius 3 is 2.44 bits per heavy atom. The summed E-state index contributed by atoms with van der Waals surface area (Å²) >= 11 is 3.48. The lowest BCUT2D eigenvalue weighted by Crippen LogP contribution is -2.10. The number of rotatable bonds is 3. The molecule has 3 rings (SSSR count). The van der Waals surface area contributed by atoms with E-state index < -0.39 is 0 Å². The molecule has 94 valence electrons. The molecular weight excluding hydrogens is 290 g/mol. The standard InChI is InChI=1S/C14H16BrN3/c1-2-18-13(9-15)16-17-14(18)12-7-10-5-3-4-6-11(10)8-12/h3-6,12H,2,7-9H2,1H3. The maximum atomic E-state index is 4.41. The van der Waals surface area contributed by atoms with Crippen LogP contribution in [0, 0.1) is 0 Å². The van der Waals surface area contributed by atoms with Crippen molar-refractivity contribution >= 4 is 15.9 Å². The van der Waals surface area contributed by atoms with Crippen LogP contribution < -0.4 is 0 Å². The number of fused-ring (bicyclic) bond motifs is 1. The first-order chi connectivity index (χ1) is 8.83. The largest absolute Gasteiger partial charge is 0.314 e.